The highest BCUT2D eigenvalue weighted by Crippen LogP contribution is 2.32. The Morgan fingerprint density at radius 2 is 1.95 bits per heavy atom. The molecular weight excluding hydrogens is 271 g/mol. The molecule has 0 unspecified atom stereocenters. The van der Waals surface area contributed by atoms with Gasteiger partial charge in [-0.15, -0.1) is 0 Å². The van der Waals surface area contributed by atoms with E-state index in [1.54, 1.807) is 6.26 Å². The molecule has 0 amide bonds. The normalized spacial score (nSPS) is 17.8. The number of aryl methyl sites for hydroxylation is 1. The molecule has 0 radical (unpaired) electrons. The van der Waals surface area contributed by atoms with Gasteiger partial charge in [-0.3, -0.25) is 0 Å². The summed E-state index contributed by atoms with van der Waals surface area (Å²) in [6.07, 6.45) is 3.39. The van der Waals surface area contributed by atoms with Crippen molar-refractivity contribution in [2.75, 3.05) is 13.2 Å². The smallest absolute Gasteiger partial charge is 0.128 e. The van der Waals surface area contributed by atoms with Crippen LogP contribution in [0.2, 0.25) is 0 Å². The van der Waals surface area contributed by atoms with Crippen molar-refractivity contribution in [3.05, 3.63) is 53.2 Å². The summed E-state index contributed by atoms with van der Waals surface area (Å²) in [5.41, 5.74) is 2.85. The van der Waals surface area contributed by atoms with Gasteiger partial charge >= 0.3 is 0 Å². The molecule has 0 aliphatic carbocycles. The number of benzene rings is 1. The van der Waals surface area contributed by atoms with E-state index < -0.39 is 0 Å². The maximum Gasteiger partial charge on any atom is 0.128 e. The first kappa shape index (κ1) is 14.2. The maximum absolute atomic E-state index is 13.2. The lowest BCUT2D eigenvalue weighted by atomic mass is 9.82. The van der Waals surface area contributed by atoms with Gasteiger partial charge in [-0.05, 0) is 37.5 Å². The van der Waals surface area contributed by atoms with Crippen LogP contribution in [0.15, 0.2) is 35.1 Å². The van der Waals surface area contributed by atoms with E-state index in [0.29, 0.717) is 19.8 Å². The maximum atomic E-state index is 13.2. The summed E-state index contributed by atoms with van der Waals surface area (Å²) in [7, 11) is 0. The molecule has 4 nitrogen and oxygen atoms in total. The lowest BCUT2D eigenvalue weighted by Crippen LogP contribution is -2.46. The van der Waals surface area contributed by atoms with E-state index in [1.165, 1.54) is 12.1 Å². The first-order valence-corrected chi connectivity index (χ1v) is 7.18. The third-order valence-corrected chi connectivity index (χ3v) is 4.21. The molecule has 1 aliphatic heterocycles. The number of nitrogens with zero attached hydrogens (tertiary/aromatic N) is 1. The summed E-state index contributed by atoms with van der Waals surface area (Å²) in [4.78, 5) is 0. The fraction of sp³-hybridized carbons (Fsp3) is 0.438. The van der Waals surface area contributed by atoms with Gasteiger partial charge in [0.25, 0.3) is 0 Å². The van der Waals surface area contributed by atoms with Crippen molar-refractivity contribution in [2.45, 2.75) is 31.8 Å². The highest BCUT2D eigenvalue weighted by atomic mass is 19.1. The Kier molecular flexibility index (Phi) is 4.03. The fourth-order valence-electron chi connectivity index (χ4n) is 2.80. The van der Waals surface area contributed by atoms with Crippen molar-refractivity contribution >= 4 is 0 Å². The van der Waals surface area contributed by atoms with Crippen molar-refractivity contribution in [1.29, 1.82) is 0 Å². The average Bonchev–Trinajstić information content (AvgIpc) is 2.92. The minimum Gasteiger partial charge on any atom is -0.381 e. The van der Waals surface area contributed by atoms with Crippen LogP contribution in [0.5, 0.6) is 0 Å². The topological polar surface area (TPSA) is 47.3 Å². The van der Waals surface area contributed by atoms with Crippen molar-refractivity contribution in [2.24, 2.45) is 0 Å². The highest BCUT2D eigenvalue weighted by molar-refractivity contribution is 5.26. The summed E-state index contributed by atoms with van der Waals surface area (Å²) in [5.74, 6) is -0.212. The van der Waals surface area contributed by atoms with Crippen LogP contribution in [-0.4, -0.2) is 18.4 Å². The SMILES string of the molecule is Cc1nocc1CNC1(c2ccc(F)cc2)CCOCC1. The molecule has 1 aromatic heterocycles. The largest absolute Gasteiger partial charge is 0.381 e. The number of ether oxygens (including phenoxy) is 1. The van der Waals surface area contributed by atoms with Crippen LogP contribution >= 0.6 is 0 Å². The molecule has 1 aromatic carbocycles. The monoisotopic (exact) mass is 290 g/mol. The number of rotatable bonds is 4. The summed E-state index contributed by atoms with van der Waals surface area (Å²) in [6.45, 7) is 4.00. The number of nitrogens with one attached hydrogen (secondary N) is 1. The lowest BCUT2D eigenvalue weighted by molar-refractivity contribution is 0.0357. The Balaban J connectivity index is 1.83. The first-order valence-electron chi connectivity index (χ1n) is 7.18. The van der Waals surface area contributed by atoms with Gasteiger partial charge in [0.2, 0.25) is 0 Å². The van der Waals surface area contributed by atoms with E-state index in [-0.39, 0.29) is 11.4 Å². The standard InChI is InChI=1S/C16H19FN2O2/c1-12-13(11-21-19-12)10-18-16(6-8-20-9-7-16)14-2-4-15(17)5-3-14/h2-5,11,18H,6-10H2,1H3. The second kappa shape index (κ2) is 5.95. The summed E-state index contributed by atoms with van der Waals surface area (Å²) in [6, 6.07) is 6.74. The summed E-state index contributed by atoms with van der Waals surface area (Å²) >= 11 is 0. The molecule has 21 heavy (non-hydrogen) atoms. The van der Waals surface area contributed by atoms with Gasteiger partial charge in [0, 0.05) is 30.9 Å². The second-order valence-corrected chi connectivity index (χ2v) is 5.48. The Morgan fingerprint density at radius 3 is 2.57 bits per heavy atom. The number of halogens is 1. The van der Waals surface area contributed by atoms with Gasteiger partial charge in [0.1, 0.15) is 12.1 Å². The predicted molar refractivity (Wildman–Crippen MR) is 76.2 cm³/mol. The minimum absolute atomic E-state index is 0.185. The molecule has 2 aromatic rings. The summed E-state index contributed by atoms with van der Waals surface area (Å²) in [5, 5.41) is 7.51. The van der Waals surface area contributed by atoms with Crippen LogP contribution in [0.4, 0.5) is 4.39 Å². The zero-order valence-electron chi connectivity index (χ0n) is 12.1. The van der Waals surface area contributed by atoms with Crippen molar-refractivity contribution in [1.82, 2.24) is 10.5 Å². The molecule has 2 heterocycles. The van der Waals surface area contributed by atoms with Gasteiger partial charge in [-0.1, -0.05) is 17.3 Å². The van der Waals surface area contributed by atoms with Gasteiger partial charge in [-0.25, -0.2) is 4.39 Å². The first-order chi connectivity index (χ1) is 10.2. The predicted octanol–water partition coefficient (Wildman–Crippen LogP) is 2.92. The van der Waals surface area contributed by atoms with Crippen molar-refractivity contribution in [3.8, 4) is 0 Å². The molecule has 0 bridgehead atoms. The quantitative estimate of drug-likeness (QED) is 0.940. The van der Waals surface area contributed by atoms with E-state index >= 15 is 0 Å². The van der Waals surface area contributed by atoms with E-state index in [9.17, 15) is 4.39 Å². The third kappa shape index (κ3) is 2.99. The van der Waals surface area contributed by atoms with Crippen molar-refractivity contribution < 1.29 is 13.7 Å². The molecule has 1 aliphatic rings. The molecule has 3 rings (SSSR count). The third-order valence-electron chi connectivity index (χ3n) is 4.21. The van der Waals surface area contributed by atoms with Gasteiger partial charge in [-0.2, -0.15) is 0 Å². The molecular formula is C16H19FN2O2. The number of hydrogen-bond acceptors (Lipinski definition) is 4. The molecule has 0 spiro atoms. The molecule has 1 fully saturated rings. The molecule has 0 saturated carbocycles. The average molecular weight is 290 g/mol. The lowest BCUT2D eigenvalue weighted by Gasteiger charge is -2.38. The molecule has 5 heteroatoms. The Labute approximate surface area is 123 Å². The van der Waals surface area contributed by atoms with Crippen LogP contribution in [0, 0.1) is 12.7 Å². The summed E-state index contributed by atoms with van der Waals surface area (Å²) < 4.78 is 23.6. The minimum atomic E-state index is -0.212. The number of aromatic nitrogens is 1. The van der Waals surface area contributed by atoms with E-state index in [0.717, 1.165) is 29.7 Å². The van der Waals surface area contributed by atoms with Crippen LogP contribution < -0.4 is 5.32 Å². The Morgan fingerprint density at radius 1 is 1.24 bits per heavy atom. The zero-order chi connectivity index (χ0) is 14.7. The highest BCUT2D eigenvalue weighted by Gasteiger charge is 2.34. The van der Waals surface area contributed by atoms with Crippen LogP contribution in [0.25, 0.3) is 0 Å². The Bertz CT molecular complexity index is 589. The molecule has 1 N–H and O–H groups in total. The van der Waals surface area contributed by atoms with E-state index in [4.69, 9.17) is 9.26 Å². The van der Waals surface area contributed by atoms with E-state index in [1.807, 2.05) is 19.1 Å². The zero-order valence-corrected chi connectivity index (χ0v) is 12.1. The molecule has 0 atom stereocenters. The van der Waals surface area contributed by atoms with Gasteiger partial charge in [0.15, 0.2) is 0 Å². The van der Waals surface area contributed by atoms with E-state index in [2.05, 4.69) is 10.5 Å². The van der Waals surface area contributed by atoms with Crippen LogP contribution in [-0.2, 0) is 16.8 Å². The molecule has 112 valence electrons. The van der Waals surface area contributed by atoms with Gasteiger partial charge < -0.3 is 14.6 Å². The van der Waals surface area contributed by atoms with Crippen molar-refractivity contribution in [3.63, 3.8) is 0 Å². The van der Waals surface area contributed by atoms with Crippen LogP contribution in [0.1, 0.15) is 29.7 Å². The Hall–Kier alpha value is -1.72. The van der Waals surface area contributed by atoms with Crippen LogP contribution in [0.3, 0.4) is 0 Å². The second-order valence-electron chi connectivity index (χ2n) is 5.48. The van der Waals surface area contributed by atoms with Gasteiger partial charge in [0.05, 0.1) is 5.69 Å². The fourth-order valence-corrected chi connectivity index (χ4v) is 2.80. The number of hydrogen-bond donors (Lipinski definition) is 1. The molecule has 1 saturated heterocycles.